The average molecular weight is 371 g/mol. The highest BCUT2D eigenvalue weighted by Gasteiger charge is 2.22. The number of benzene rings is 1. The maximum atomic E-state index is 12.8. The zero-order valence-electron chi connectivity index (χ0n) is 15.9. The first-order valence-electron chi connectivity index (χ1n) is 8.97. The zero-order chi connectivity index (χ0) is 19.2. The molecule has 0 radical (unpaired) electrons. The Kier molecular flexibility index (Phi) is 6.08. The van der Waals surface area contributed by atoms with Crippen molar-refractivity contribution in [2.24, 2.45) is 0 Å². The van der Waals surface area contributed by atoms with Crippen molar-refractivity contribution >= 4 is 17.4 Å². The fourth-order valence-electron chi connectivity index (χ4n) is 3.02. The molecule has 0 atom stereocenters. The Bertz CT molecular complexity index is 791. The lowest BCUT2D eigenvalue weighted by atomic mass is 10.2. The van der Waals surface area contributed by atoms with Gasteiger partial charge in [-0.15, -0.1) is 0 Å². The number of nitrogens with zero attached hydrogens (tertiary/aromatic N) is 4. The molecule has 2 heterocycles. The number of methoxy groups -OCH3 is 2. The van der Waals surface area contributed by atoms with Gasteiger partial charge in [-0.1, -0.05) is 6.92 Å². The van der Waals surface area contributed by atoms with E-state index >= 15 is 0 Å². The number of hydrogen-bond acceptors (Lipinski definition) is 7. The van der Waals surface area contributed by atoms with Crippen molar-refractivity contribution in [2.45, 2.75) is 6.92 Å². The molecule has 0 bridgehead atoms. The minimum Gasteiger partial charge on any atom is -0.497 e. The summed E-state index contributed by atoms with van der Waals surface area (Å²) >= 11 is 0. The van der Waals surface area contributed by atoms with Crippen molar-refractivity contribution in [2.75, 3.05) is 52.3 Å². The average Bonchev–Trinajstić information content (AvgIpc) is 2.73. The first kappa shape index (κ1) is 18.9. The first-order chi connectivity index (χ1) is 13.1. The summed E-state index contributed by atoms with van der Waals surface area (Å²) in [6, 6.07) is 7.09. The fourth-order valence-corrected chi connectivity index (χ4v) is 3.02. The van der Waals surface area contributed by atoms with Gasteiger partial charge in [-0.05, 0) is 18.7 Å². The monoisotopic (exact) mass is 371 g/mol. The number of ether oxygens (including phenoxy) is 2. The summed E-state index contributed by atoms with van der Waals surface area (Å²) < 4.78 is 10.6. The van der Waals surface area contributed by atoms with Crippen molar-refractivity contribution < 1.29 is 14.3 Å². The van der Waals surface area contributed by atoms with Crippen LogP contribution in [0.2, 0.25) is 0 Å². The van der Waals surface area contributed by atoms with Gasteiger partial charge in [-0.25, -0.2) is 9.97 Å². The number of amides is 1. The molecule has 0 spiro atoms. The largest absolute Gasteiger partial charge is 0.497 e. The molecule has 1 N–H and O–H groups in total. The van der Waals surface area contributed by atoms with Crippen LogP contribution in [0.3, 0.4) is 0 Å². The van der Waals surface area contributed by atoms with Gasteiger partial charge in [0.2, 0.25) is 0 Å². The van der Waals surface area contributed by atoms with Crippen LogP contribution in [-0.4, -0.2) is 72.6 Å². The normalized spacial score (nSPS) is 14.7. The van der Waals surface area contributed by atoms with Crippen LogP contribution < -0.4 is 14.8 Å². The molecule has 3 rings (SSSR count). The Morgan fingerprint density at radius 1 is 1.11 bits per heavy atom. The van der Waals surface area contributed by atoms with E-state index in [9.17, 15) is 4.79 Å². The molecular formula is C19H25N5O3. The van der Waals surface area contributed by atoms with E-state index in [1.54, 1.807) is 20.3 Å². The number of nitrogens with one attached hydrogen (secondary N) is 1. The summed E-state index contributed by atoms with van der Waals surface area (Å²) in [6.45, 7) is 6.34. The molecule has 0 aliphatic carbocycles. The van der Waals surface area contributed by atoms with Crippen molar-refractivity contribution in [3.05, 3.63) is 36.3 Å². The summed E-state index contributed by atoms with van der Waals surface area (Å²) in [6.07, 6.45) is 1.39. The van der Waals surface area contributed by atoms with Crippen LogP contribution in [0.1, 0.15) is 17.4 Å². The van der Waals surface area contributed by atoms with Crippen LogP contribution >= 0.6 is 0 Å². The number of anilines is 2. The summed E-state index contributed by atoms with van der Waals surface area (Å²) in [5.41, 5.74) is 1.07. The molecule has 0 unspecified atom stereocenters. The van der Waals surface area contributed by atoms with Crippen LogP contribution in [-0.2, 0) is 0 Å². The van der Waals surface area contributed by atoms with E-state index in [1.165, 1.54) is 6.33 Å². The second-order valence-electron chi connectivity index (χ2n) is 6.21. The molecule has 8 nitrogen and oxygen atoms in total. The Balaban J connectivity index is 1.75. The lowest BCUT2D eigenvalue weighted by molar-refractivity contribution is 0.0637. The Hall–Kier alpha value is -2.87. The fraction of sp³-hybridized carbons (Fsp3) is 0.421. The smallest absolute Gasteiger partial charge is 0.272 e. The number of carbonyl (C=O) groups is 1. The van der Waals surface area contributed by atoms with E-state index in [0.717, 1.165) is 19.6 Å². The van der Waals surface area contributed by atoms with E-state index in [-0.39, 0.29) is 5.91 Å². The van der Waals surface area contributed by atoms with Gasteiger partial charge in [0.1, 0.15) is 29.3 Å². The van der Waals surface area contributed by atoms with Crippen molar-refractivity contribution in [1.29, 1.82) is 0 Å². The van der Waals surface area contributed by atoms with Crippen LogP contribution in [0.25, 0.3) is 0 Å². The molecule has 1 saturated heterocycles. The Morgan fingerprint density at radius 2 is 1.89 bits per heavy atom. The minimum absolute atomic E-state index is 0.0752. The molecule has 1 fully saturated rings. The van der Waals surface area contributed by atoms with Gasteiger partial charge in [0.25, 0.3) is 5.91 Å². The molecule has 27 heavy (non-hydrogen) atoms. The van der Waals surface area contributed by atoms with Gasteiger partial charge >= 0.3 is 0 Å². The number of likely N-dealkylation sites (N-methyl/N-ethyl adjacent to an activating group) is 1. The van der Waals surface area contributed by atoms with Gasteiger partial charge < -0.3 is 24.6 Å². The van der Waals surface area contributed by atoms with Crippen molar-refractivity contribution in [1.82, 2.24) is 19.8 Å². The molecule has 1 amide bonds. The van der Waals surface area contributed by atoms with E-state index in [0.29, 0.717) is 41.8 Å². The number of carbonyl (C=O) groups excluding carboxylic acids is 1. The van der Waals surface area contributed by atoms with Crippen LogP contribution in [0, 0.1) is 0 Å². The molecule has 0 saturated carbocycles. The topological polar surface area (TPSA) is 79.8 Å². The SMILES string of the molecule is CCN1CCN(C(=O)c2cc(Nc3cc(OC)ccc3OC)ncn2)CC1. The Labute approximate surface area is 159 Å². The predicted molar refractivity (Wildman–Crippen MR) is 103 cm³/mol. The maximum absolute atomic E-state index is 12.8. The van der Waals surface area contributed by atoms with Gasteiger partial charge in [0.15, 0.2) is 0 Å². The molecule has 8 heteroatoms. The van der Waals surface area contributed by atoms with E-state index in [1.807, 2.05) is 23.1 Å². The quantitative estimate of drug-likeness (QED) is 0.832. The maximum Gasteiger partial charge on any atom is 0.272 e. The van der Waals surface area contributed by atoms with E-state index in [2.05, 4.69) is 27.1 Å². The molecule has 1 aromatic carbocycles. The minimum atomic E-state index is -0.0752. The van der Waals surface area contributed by atoms with Gasteiger partial charge in [0, 0.05) is 38.3 Å². The molecule has 144 valence electrons. The number of rotatable bonds is 6. The Morgan fingerprint density at radius 3 is 2.56 bits per heavy atom. The third-order valence-electron chi connectivity index (χ3n) is 4.66. The predicted octanol–water partition coefficient (Wildman–Crippen LogP) is 2.02. The molecule has 1 aliphatic rings. The molecular weight excluding hydrogens is 346 g/mol. The van der Waals surface area contributed by atoms with Crippen LogP contribution in [0.5, 0.6) is 11.5 Å². The highest BCUT2D eigenvalue weighted by Crippen LogP contribution is 2.31. The van der Waals surface area contributed by atoms with Gasteiger partial charge in [0.05, 0.1) is 19.9 Å². The summed E-state index contributed by atoms with van der Waals surface area (Å²) in [4.78, 5) is 25.3. The van der Waals surface area contributed by atoms with Crippen LogP contribution in [0.4, 0.5) is 11.5 Å². The summed E-state index contributed by atoms with van der Waals surface area (Å²) in [5.74, 6) is 1.79. The molecule has 1 aromatic heterocycles. The van der Waals surface area contributed by atoms with Crippen LogP contribution in [0.15, 0.2) is 30.6 Å². The summed E-state index contributed by atoms with van der Waals surface area (Å²) in [5, 5.41) is 3.18. The zero-order valence-corrected chi connectivity index (χ0v) is 15.9. The lowest BCUT2D eigenvalue weighted by Crippen LogP contribution is -2.48. The highest BCUT2D eigenvalue weighted by atomic mass is 16.5. The summed E-state index contributed by atoms with van der Waals surface area (Å²) in [7, 11) is 3.20. The van der Waals surface area contributed by atoms with Crippen molar-refractivity contribution in [3.8, 4) is 11.5 Å². The van der Waals surface area contributed by atoms with Crippen molar-refractivity contribution in [3.63, 3.8) is 0 Å². The van der Waals surface area contributed by atoms with E-state index in [4.69, 9.17) is 9.47 Å². The van der Waals surface area contributed by atoms with Gasteiger partial charge in [-0.2, -0.15) is 0 Å². The second-order valence-corrected chi connectivity index (χ2v) is 6.21. The molecule has 1 aliphatic heterocycles. The highest BCUT2D eigenvalue weighted by molar-refractivity contribution is 5.93. The number of aromatic nitrogens is 2. The number of hydrogen-bond donors (Lipinski definition) is 1. The van der Waals surface area contributed by atoms with Gasteiger partial charge in [-0.3, -0.25) is 4.79 Å². The van der Waals surface area contributed by atoms with E-state index < -0.39 is 0 Å². The third-order valence-corrected chi connectivity index (χ3v) is 4.66. The second kappa shape index (κ2) is 8.68. The first-order valence-corrected chi connectivity index (χ1v) is 8.97. The lowest BCUT2D eigenvalue weighted by Gasteiger charge is -2.33. The standard InChI is InChI=1S/C19H25N5O3/c1-4-23-7-9-24(10-8-23)19(25)16-12-18(21-13-20-16)22-15-11-14(26-2)5-6-17(15)27-3/h5-6,11-13H,4,7-10H2,1-3H3,(H,20,21,22). The molecule has 2 aromatic rings. The number of piperazine rings is 1. The third kappa shape index (κ3) is 4.46.